The first-order chi connectivity index (χ1) is 8.63. The van der Waals surface area contributed by atoms with E-state index in [2.05, 4.69) is 21.2 Å². The Kier molecular flexibility index (Phi) is 4.70. The number of nitrogens with zero attached hydrogens (tertiary/aromatic N) is 1. The lowest BCUT2D eigenvalue weighted by Gasteiger charge is -2.34. The fraction of sp³-hybridized carbons (Fsp3) is 0.538. The van der Waals surface area contributed by atoms with Crippen LogP contribution in [0.1, 0.15) is 17.2 Å². The largest absolute Gasteiger partial charge is 0.314 e. The number of hydrogen-bond acceptors (Lipinski definition) is 2. The maximum atomic E-state index is 14.1. The SMILES string of the molecule is Cc1cc(Br)cc([C@H](CF)N2CCNCC2)c1F. The van der Waals surface area contributed by atoms with Gasteiger partial charge in [-0.3, -0.25) is 4.90 Å². The highest BCUT2D eigenvalue weighted by Crippen LogP contribution is 2.29. The van der Waals surface area contributed by atoms with Gasteiger partial charge in [0.15, 0.2) is 0 Å². The highest BCUT2D eigenvalue weighted by Gasteiger charge is 2.25. The van der Waals surface area contributed by atoms with Crippen molar-refractivity contribution in [2.24, 2.45) is 0 Å². The van der Waals surface area contributed by atoms with Crippen LogP contribution in [0.5, 0.6) is 0 Å². The Bertz CT molecular complexity index is 420. The maximum Gasteiger partial charge on any atom is 0.131 e. The van der Waals surface area contributed by atoms with Crippen molar-refractivity contribution in [1.82, 2.24) is 10.2 Å². The summed E-state index contributed by atoms with van der Waals surface area (Å²) in [6.07, 6.45) is 0. The van der Waals surface area contributed by atoms with Crippen molar-refractivity contribution in [1.29, 1.82) is 0 Å². The fourth-order valence-corrected chi connectivity index (χ4v) is 2.96. The van der Waals surface area contributed by atoms with Gasteiger partial charge >= 0.3 is 0 Å². The Hall–Kier alpha value is -0.520. The zero-order valence-corrected chi connectivity index (χ0v) is 11.9. The number of hydrogen-bond donors (Lipinski definition) is 1. The lowest BCUT2D eigenvalue weighted by atomic mass is 10.0. The number of piperazine rings is 1. The van der Waals surface area contributed by atoms with Crippen molar-refractivity contribution in [3.05, 3.63) is 33.5 Å². The monoisotopic (exact) mass is 318 g/mol. The summed E-state index contributed by atoms with van der Waals surface area (Å²) in [6, 6.07) is 2.92. The zero-order valence-electron chi connectivity index (χ0n) is 10.3. The fourth-order valence-electron chi connectivity index (χ4n) is 2.37. The zero-order chi connectivity index (χ0) is 13.1. The molecule has 0 saturated carbocycles. The summed E-state index contributed by atoms with van der Waals surface area (Å²) in [7, 11) is 0. The van der Waals surface area contributed by atoms with Gasteiger partial charge in [-0.05, 0) is 24.6 Å². The average Bonchev–Trinajstić information content (AvgIpc) is 2.37. The highest BCUT2D eigenvalue weighted by atomic mass is 79.9. The van der Waals surface area contributed by atoms with Crippen molar-refractivity contribution >= 4 is 15.9 Å². The van der Waals surface area contributed by atoms with Crippen LogP contribution in [-0.2, 0) is 0 Å². The smallest absolute Gasteiger partial charge is 0.131 e. The normalized spacial score (nSPS) is 18.9. The van der Waals surface area contributed by atoms with Crippen LogP contribution >= 0.6 is 15.9 Å². The van der Waals surface area contributed by atoms with E-state index in [1.54, 1.807) is 19.1 Å². The molecule has 1 fully saturated rings. The van der Waals surface area contributed by atoms with E-state index in [9.17, 15) is 8.78 Å². The molecule has 1 aliphatic heterocycles. The molecule has 0 amide bonds. The Labute approximate surface area is 114 Å². The quantitative estimate of drug-likeness (QED) is 0.922. The highest BCUT2D eigenvalue weighted by molar-refractivity contribution is 9.10. The molecule has 1 saturated heterocycles. The van der Waals surface area contributed by atoms with Crippen molar-refractivity contribution in [2.75, 3.05) is 32.9 Å². The van der Waals surface area contributed by atoms with E-state index in [1.165, 1.54) is 0 Å². The van der Waals surface area contributed by atoms with E-state index in [0.29, 0.717) is 11.1 Å². The number of benzene rings is 1. The van der Waals surface area contributed by atoms with Gasteiger partial charge in [0.1, 0.15) is 12.5 Å². The number of alkyl halides is 1. The minimum atomic E-state index is -0.563. The van der Waals surface area contributed by atoms with Crippen LogP contribution in [0.3, 0.4) is 0 Å². The molecule has 1 aromatic rings. The topological polar surface area (TPSA) is 15.3 Å². The van der Waals surface area contributed by atoms with Crippen molar-refractivity contribution in [2.45, 2.75) is 13.0 Å². The Morgan fingerprint density at radius 3 is 2.67 bits per heavy atom. The third-order valence-electron chi connectivity index (χ3n) is 3.34. The van der Waals surface area contributed by atoms with Gasteiger partial charge in [-0.2, -0.15) is 0 Å². The predicted molar refractivity (Wildman–Crippen MR) is 72.0 cm³/mol. The van der Waals surface area contributed by atoms with Gasteiger partial charge in [0.25, 0.3) is 0 Å². The first-order valence-electron chi connectivity index (χ1n) is 6.09. The van der Waals surface area contributed by atoms with E-state index in [-0.39, 0.29) is 5.82 Å². The van der Waals surface area contributed by atoms with Crippen LogP contribution < -0.4 is 5.32 Å². The van der Waals surface area contributed by atoms with Crippen LogP contribution in [0.4, 0.5) is 8.78 Å². The van der Waals surface area contributed by atoms with Crippen molar-refractivity contribution < 1.29 is 8.78 Å². The van der Waals surface area contributed by atoms with Gasteiger partial charge in [-0.1, -0.05) is 15.9 Å². The molecule has 100 valence electrons. The van der Waals surface area contributed by atoms with Crippen LogP contribution in [0.2, 0.25) is 0 Å². The van der Waals surface area contributed by atoms with Gasteiger partial charge in [0.2, 0.25) is 0 Å². The summed E-state index contributed by atoms with van der Waals surface area (Å²) < 4.78 is 28.3. The van der Waals surface area contributed by atoms with Crippen LogP contribution in [0, 0.1) is 12.7 Å². The van der Waals surface area contributed by atoms with Gasteiger partial charge in [-0.25, -0.2) is 8.78 Å². The van der Waals surface area contributed by atoms with E-state index in [0.717, 1.165) is 30.7 Å². The van der Waals surface area contributed by atoms with Crippen LogP contribution in [0.15, 0.2) is 16.6 Å². The molecule has 0 bridgehead atoms. The third kappa shape index (κ3) is 2.90. The van der Waals surface area contributed by atoms with E-state index < -0.39 is 12.7 Å². The summed E-state index contributed by atoms with van der Waals surface area (Å²) in [5.41, 5.74) is 0.999. The average molecular weight is 319 g/mol. The van der Waals surface area contributed by atoms with E-state index in [4.69, 9.17) is 0 Å². The van der Waals surface area contributed by atoms with E-state index >= 15 is 0 Å². The van der Waals surface area contributed by atoms with E-state index in [1.807, 2.05) is 4.90 Å². The number of rotatable bonds is 3. The molecule has 0 aromatic heterocycles. The molecule has 1 aromatic carbocycles. The molecule has 0 unspecified atom stereocenters. The molecular formula is C13H17BrF2N2. The van der Waals surface area contributed by atoms with Gasteiger partial charge in [0.05, 0.1) is 6.04 Å². The summed E-state index contributed by atoms with van der Waals surface area (Å²) in [5.74, 6) is -0.292. The van der Waals surface area contributed by atoms with Gasteiger partial charge in [0, 0.05) is 36.2 Å². The molecule has 18 heavy (non-hydrogen) atoms. The molecule has 1 N–H and O–H groups in total. The van der Waals surface area contributed by atoms with Crippen LogP contribution in [-0.4, -0.2) is 37.8 Å². The maximum absolute atomic E-state index is 14.1. The lowest BCUT2D eigenvalue weighted by molar-refractivity contribution is 0.144. The minimum Gasteiger partial charge on any atom is -0.314 e. The second kappa shape index (κ2) is 6.08. The Balaban J connectivity index is 2.31. The van der Waals surface area contributed by atoms with Crippen LogP contribution in [0.25, 0.3) is 0 Å². The van der Waals surface area contributed by atoms with Crippen molar-refractivity contribution in [3.8, 4) is 0 Å². The summed E-state index contributed by atoms with van der Waals surface area (Å²) in [5, 5.41) is 3.22. The molecular weight excluding hydrogens is 302 g/mol. The molecule has 5 heteroatoms. The summed E-state index contributed by atoms with van der Waals surface area (Å²) in [6.45, 7) is 4.29. The molecule has 1 atom stereocenters. The standard InChI is InChI=1S/C13H17BrF2N2/c1-9-6-10(14)7-11(13(9)16)12(8-15)18-4-2-17-3-5-18/h6-7,12,17H,2-5,8H2,1H3/t12-/m0/s1. The second-order valence-corrected chi connectivity index (χ2v) is 5.50. The predicted octanol–water partition coefficient (Wildman–Crippen LogP) is 2.81. The second-order valence-electron chi connectivity index (χ2n) is 4.58. The molecule has 2 rings (SSSR count). The third-order valence-corrected chi connectivity index (χ3v) is 3.80. The molecule has 1 aliphatic rings. The molecule has 0 aliphatic carbocycles. The minimum absolute atomic E-state index is 0.292. The first-order valence-corrected chi connectivity index (χ1v) is 6.89. The van der Waals surface area contributed by atoms with Gasteiger partial charge in [-0.15, -0.1) is 0 Å². The van der Waals surface area contributed by atoms with Gasteiger partial charge < -0.3 is 5.32 Å². The molecule has 0 spiro atoms. The molecule has 0 radical (unpaired) electrons. The Morgan fingerprint density at radius 2 is 2.06 bits per heavy atom. The summed E-state index contributed by atoms with van der Waals surface area (Å²) in [4.78, 5) is 2.00. The van der Waals surface area contributed by atoms with Crippen molar-refractivity contribution in [3.63, 3.8) is 0 Å². The number of halogens is 3. The lowest BCUT2D eigenvalue weighted by Crippen LogP contribution is -2.45. The molecule has 1 heterocycles. The molecule has 2 nitrogen and oxygen atoms in total. The first kappa shape index (κ1) is 13.9. The number of nitrogens with one attached hydrogen (secondary N) is 1. The number of aryl methyl sites for hydroxylation is 1. The Morgan fingerprint density at radius 1 is 1.39 bits per heavy atom. The summed E-state index contributed by atoms with van der Waals surface area (Å²) >= 11 is 3.35.